The van der Waals surface area contributed by atoms with Crippen molar-refractivity contribution in [3.05, 3.63) is 22.4 Å². The van der Waals surface area contributed by atoms with Crippen molar-refractivity contribution in [2.45, 2.75) is 12.5 Å². The van der Waals surface area contributed by atoms with Gasteiger partial charge in [-0.15, -0.1) is 11.3 Å². The number of amides is 1. The molecule has 74 valence electrons. The highest BCUT2D eigenvalue weighted by atomic mass is 32.1. The molecule has 0 aromatic carbocycles. The Labute approximate surface area is 83.8 Å². The molecular weight excluding hydrogens is 204 g/mol. The fourth-order valence-corrected chi connectivity index (χ4v) is 2.23. The summed E-state index contributed by atoms with van der Waals surface area (Å²) in [5.41, 5.74) is -0.00843. The highest BCUT2D eigenvalue weighted by Gasteiger charge is 2.37. The van der Waals surface area contributed by atoms with Gasteiger partial charge in [-0.1, -0.05) is 11.2 Å². The van der Waals surface area contributed by atoms with Gasteiger partial charge in [-0.25, -0.2) is 5.06 Å². The van der Waals surface area contributed by atoms with E-state index in [4.69, 9.17) is 5.21 Å². The number of carbonyl (C=O) groups excluding carboxylic acids is 1. The Morgan fingerprint density at radius 3 is 2.93 bits per heavy atom. The van der Waals surface area contributed by atoms with Gasteiger partial charge in [0, 0.05) is 11.3 Å². The molecule has 0 spiro atoms. The molecule has 2 N–H and O–H groups in total. The van der Waals surface area contributed by atoms with Crippen LogP contribution in [0.4, 0.5) is 0 Å². The summed E-state index contributed by atoms with van der Waals surface area (Å²) in [6.45, 7) is 0. The Balaban J connectivity index is 2.29. The predicted molar refractivity (Wildman–Crippen MR) is 49.5 cm³/mol. The molecule has 1 saturated heterocycles. The standard InChI is InChI=1S/C8H8N2O3S/c11-8-5(9-12)4-6(10(8)13)7-2-1-3-14-7/h1-3,6,12-13H,4H2. The second-order valence-electron chi connectivity index (χ2n) is 2.93. The van der Waals surface area contributed by atoms with Crippen LogP contribution in [-0.4, -0.2) is 27.1 Å². The van der Waals surface area contributed by atoms with Gasteiger partial charge in [-0.3, -0.25) is 10.0 Å². The van der Waals surface area contributed by atoms with Gasteiger partial charge in [-0.05, 0) is 11.4 Å². The van der Waals surface area contributed by atoms with Crippen LogP contribution >= 0.6 is 11.3 Å². The van der Waals surface area contributed by atoms with Crippen LogP contribution in [0.25, 0.3) is 0 Å². The van der Waals surface area contributed by atoms with Crippen LogP contribution in [0.5, 0.6) is 0 Å². The number of nitrogens with zero attached hydrogens (tertiary/aromatic N) is 2. The molecule has 6 heteroatoms. The summed E-state index contributed by atoms with van der Waals surface area (Å²) in [5, 5.41) is 23.3. The van der Waals surface area contributed by atoms with Crippen LogP contribution in [0.15, 0.2) is 22.7 Å². The molecule has 1 aromatic rings. The van der Waals surface area contributed by atoms with Crippen LogP contribution < -0.4 is 0 Å². The fraction of sp³-hybridized carbons (Fsp3) is 0.250. The number of carbonyl (C=O) groups is 1. The van der Waals surface area contributed by atoms with Crippen molar-refractivity contribution < 1.29 is 15.2 Å². The Hall–Kier alpha value is -1.40. The van der Waals surface area contributed by atoms with Gasteiger partial charge in [0.25, 0.3) is 5.91 Å². The van der Waals surface area contributed by atoms with Crippen molar-refractivity contribution in [3.63, 3.8) is 0 Å². The van der Waals surface area contributed by atoms with Gasteiger partial charge < -0.3 is 5.21 Å². The second kappa shape index (κ2) is 3.39. The number of rotatable bonds is 1. The summed E-state index contributed by atoms with van der Waals surface area (Å²) < 4.78 is 0. The predicted octanol–water partition coefficient (Wildman–Crippen LogP) is 1.24. The smallest absolute Gasteiger partial charge is 0.295 e. The molecule has 1 atom stereocenters. The fourth-order valence-electron chi connectivity index (χ4n) is 1.42. The van der Waals surface area contributed by atoms with Crippen molar-refractivity contribution in [3.8, 4) is 0 Å². The maximum absolute atomic E-state index is 11.2. The van der Waals surface area contributed by atoms with E-state index in [1.807, 2.05) is 17.5 Å². The summed E-state index contributed by atoms with van der Waals surface area (Å²) in [6, 6.07) is 3.26. The Morgan fingerprint density at radius 1 is 1.64 bits per heavy atom. The maximum atomic E-state index is 11.2. The van der Waals surface area contributed by atoms with Gasteiger partial charge in [0.1, 0.15) is 5.71 Å². The Bertz CT molecular complexity index is 374. The third-order valence-electron chi connectivity index (χ3n) is 2.13. The van der Waals surface area contributed by atoms with E-state index in [-0.39, 0.29) is 12.1 Å². The van der Waals surface area contributed by atoms with Crippen LogP contribution in [0.3, 0.4) is 0 Å². The molecule has 0 saturated carbocycles. The van der Waals surface area contributed by atoms with E-state index in [0.29, 0.717) is 5.06 Å². The van der Waals surface area contributed by atoms with Crippen LogP contribution in [-0.2, 0) is 4.79 Å². The van der Waals surface area contributed by atoms with Crippen LogP contribution in [0.2, 0.25) is 0 Å². The maximum Gasteiger partial charge on any atom is 0.295 e. The van der Waals surface area contributed by atoms with Gasteiger partial charge in [0.15, 0.2) is 0 Å². The molecule has 2 heterocycles. The number of oxime groups is 1. The molecule has 0 radical (unpaired) electrons. The quantitative estimate of drug-likeness (QED) is 0.418. The zero-order chi connectivity index (χ0) is 10.1. The molecule has 1 amide bonds. The third kappa shape index (κ3) is 1.28. The van der Waals surface area contributed by atoms with E-state index < -0.39 is 11.9 Å². The molecule has 0 bridgehead atoms. The average Bonchev–Trinajstić information content (AvgIpc) is 2.78. The zero-order valence-electron chi connectivity index (χ0n) is 7.12. The summed E-state index contributed by atoms with van der Waals surface area (Å²) in [6.07, 6.45) is 0.242. The van der Waals surface area contributed by atoms with E-state index in [1.165, 1.54) is 11.3 Å². The highest BCUT2D eigenvalue weighted by molar-refractivity contribution is 7.10. The minimum Gasteiger partial charge on any atom is -0.410 e. The zero-order valence-corrected chi connectivity index (χ0v) is 7.94. The van der Waals surface area contributed by atoms with E-state index >= 15 is 0 Å². The molecule has 2 rings (SSSR count). The molecule has 1 aliphatic heterocycles. The highest BCUT2D eigenvalue weighted by Crippen LogP contribution is 2.32. The second-order valence-corrected chi connectivity index (χ2v) is 3.91. The summed E-state index contributed by atoms with van der Waals surface area (Å²) >= 11 is 1.45. The monoisotopic (exact) mass is 212 g/mol. The van der Waals surface area contributed by atoms with E-state index in [0.717, 1.165) is 4.88 Å². The Morgan fingerprint density at radius 2 is 2.43 bits per heavy atom. The third-order valence-corrected chi connectivity index (χ3v) is 3.10. The first-order chi connectivity index (χ1) is 6.74. The molecule has 14 heavy (non-hydrogen) atoms. The van der Waals surface area contributed by atoms with Gasteiger partial charge in [-0.2, -0.15) is 0 Å². The minimum atomic E-state index is -0.633. The molecule has 1 unspecified atom stereocenters. The van der Waals surface area contributed by atoms with Gasteiger partial charge >= 0.3 is 0 Å². The molecular formula is C8H8N2O3S. The van der Waals surface area contributed by atoms with E-state index in [2.05, 4.69) is 5.16 Å². The number of hydrogen-bond donors (Lipinski definition) is 2. The van der Waals surface area contributed by atoms with Crippen molar-refractivity contribution in [1.82, 2.24) is 5.06 Å². The lowest BCUT2D eigenvalue weighted by Crippen LogP contribution is -2.25. The average molecular weight is 212 g/mol. The lowest BCUT2D eigenvalue weighted by Gasteiger charge is -2.14. The molecule has 5 nitrogen and oxygen atoms in total. The molecule has 1 fully saturated rings. The van der Waals surface area contributed by atoms with Crippen molar-refractivity contribution in [1.29, 1.82) is 0 Å². The van der Waals surface area contributed by atoms with Crippen LogP contribution in [0, 0.1) is 0 Å². The Kier molecular flexibility index (Phi) is 2.22. The first kappa shape index (κ1) is 9.17. The number of hydrogen-bond acceptors (Lipinski definition) is 5. The minimum absolute atomic E-state index is 0.00843. The van der Waals surface area contributed by atoms with Gasteiger partial charge in [0.2, 0.25) is 0 Å². The lowest BCUT2D eigenvalue weighted by atomic mass is 10.2. The van der Waals surface area contributed by atoms with Crippen molar-refractivity contribution in [2.75, 3.05) is 0 Å². The summed E-state index contributed by atoms with van der Waals surface area (Å²) in [5.74, 6) is -0.633. The number of thiophene rings is 1. The number of hydroxylamine groups is 2. The van der Waals surface area contributed by atoms with E-state index in [9.17, 15) is 10.0 Å². The molecule has 1 aliphatic rings. The molecule has 1 aromatic heterocycles. The largest absolute Gasteiger partial charge is 0.410 e. The van der Waals surface area contributed by atoms with E-state index in [1.54, 1.807) is 0 Å². The SMILES string of the molecule is O=C1C(=NO)CC(c2cccs2)N1O. The van der Waals surface area contributed by atoms with Crippen molar-refractivity contribution >= 4 is 23.0 Å². The first-order valence-electron chi connectivity index (χ1n) is 4.01. The lowest BCUT2D eigenvalue weighted by molar-refractivity contribution is -0.162. The molecule has 0 aliphatic carbocycles. The summed E-state index contributed by atoms with van der Waals surface area (Å²) in [4.78, 5) is 12.1. The first-order valence-corrected chi connectivity index (χ1v) is 4.88. The summed E-state index contributed by atoms with van der Waals surface area (Å²) in [7, 11) is 0. The van der Waals surface area contributed by atoms with Gasteiger partial charge in [0.05, 0.1) is 6.04 Å². The topological polar surface area (TPSA) is 73.1 Å². The van der Waals surface area contributed by atoms with Crippen LogP contribution in [0.1, 0.15) is 17.3 Å². The normalized spacial score (nSPS) is 24.9. The van der Waals surface area contributed by atoms with Crippen molar-refractivity contribution in [2.24, 2.45) is 5.16 Å².